The topological polar surface area (TPSA) is 35.6 Å². The second-order valence-electron chi connectivity index (χ2n) is 7.99. The predicted octanol–water partition coefficient (Wildman–Crippen LogP) is 4.82. The summed E-state index contributed by atoms with van der Waals surface area (Å²) < 4.78 is 18.2. The monoisotopic (exact) mass is 418 g/mol. The lowest BCUT2D eigenvalue weighted by Gasteiger charge is -2.12. The minimum Gasteiger partial charge on any atom is -0.350 e. The lowest BCUT2D eigenvalue weighted by atomic mass is 10.1. The Kier molecular flexibility index (Phi) is 7.12. The molecule has 3 rings (SSSR count). The largest absolute Gasteiger partial charge is 0.350 e. The zero-order chi connectivity index (χ0) is 22.5. The second kappa shape index (κ2) is 9.78. The van der Waals surface area contributed by atoms with Crippen LogP contribution in [0.4, 0.5) is 4.39 Å². The molecule has 4 nitrogen and oxygen atoms in total. The maximum absolute atomic E-state index is 14.1. The Morgan fingerprint density at radius 2 is 2.13 bits per heavy atom. The number of allylic oxidation sites excluding steroid dienone is 2. The third kappa shape index (κ3) is 4.64. The third-order valence-electron chi connectivity index (χ3n) is 5.89. The molecule has 0 aliphatic carbocycles. The molecule has 0 saturated heterocycles. The van der Waals surface area contributed by atoms with Crippen LogP contribution < -0.4 is 10.6 Å². The summed E-state index contributed by atoms with van der Waals surface area (Å²) in [6.07, 6.45) is 19.1. The molecule has 5 heteroatoms. The first kappa shape index (κ1) is 22.6. The van der Waals surface area contributed by atoms with Gasteiger partial charge in [0.1, 0.15) is 11.5 Å². The molecule has 0 radical (unpaired) electrons. The summed E-state index contributed by atoms with van der Waals surface area (Å²) in [4.78, 5) is 9.61. The van der Waals surface area contributed by atoms with E-state index in [1.165, 1.54) is 17.7 Å². The number of nitrogens with zero attached hydrogens (tertiary/aromatic N) is 4. The van der Waals surface area contributed by atoms with Crippen LogP contribution in [0.5, 0.6) is 0 Å². The highest BCUT2D eigenvalue weighted by Gasteiger charge is 2.16. The smallest absolute Gasteiger partial charge is 0.163 e. The molecule has 0 aromatic carbocycles. The molecule has 0 saturated carbocycles. The standard InChI is InChI=1S/C26H31FN4/c1-7-10-11-12-13-20-16-31(18(4)8-2)26-23(20)15-28-25(29-26)24-17-30(6)19(5)22(24)14-21(27)9-3/h1,9,14-18H,5,8,10-13H2,2-4,6H3/b21-9+,22-14+. The van der Waals surface area contributed by atoms with E-state index in [0.717, 1.165) is 54.1 Å². The maximum Gasteiger partial charge on any atom is 0.163 e. The van der Waals surface area contributed by atoms with Gasteiger partial charge in [0.2, 0.25) is 0 Å². The first-order chi connectivity index (χ1) is 14.9. The number of unbranched alkanes of at least 4 members (excludes halogenated alkanes) is 2. The Morgan fingerprint density at radius 3 is 2.81 bits per heavy atom. The number of halogens is 1. The molecule has 1 unspecified atom stereocenters. The van der Waals surface area contributed by atoms with Crippen molar-refractivity contribution in [3.8, 4) is 23.7 Å². The fraction of sp³-hybridized carbons (Fsp3) is 0.385. The van der Waals surface area contributed by atoms with Crippen LogP contribution in [-0.2, 0) is 13.5 Å². The molecular weight excluding hydrogens is 387 g/mol. The number of hydrogen-bond donors (Lipinski definition) is 0. The zero-order valence-electron chi connectivity index (χ0n) is 19.0. The van der Waals surface area contributed by atoms with E-state index < -0.39 is 0 Å². The molecule has 31 heavy (non-hydrogen) atoms. The van der Waals surface area contributed by atoms with E-state index in [1.54, 1.807) is 6.92 Å². The van der Waals surface area contributed by atoms with Crippen molar-refractivity contribution in [1.82, 2.24) is 19.1 Å². The zero-order valence-corrected chi connectivity index (χ0v) is 19.0. The molecular formula is C26H31FN4. The molecule has 0 N–H and O–H groups in total. The molecule has 162 valence electrons. The van der Waals surface area contributed by atoms with Crippen LogP contribution in [0.2, 0.25) is 0 Å². The average Bonchev–Trinajstić information content (AvgIpc) is 3.28. The van der Waals surface area contributed by atoms with Crippen molar-refractivity contribution < 1.29 is 4.39 Å². The van der Waals surface area contributed by atoms with Crippen LogP contribution >= 0.6 is 0 Å². The quantitative estimate of drug-likeness (QED) is 0.388. The van der Waals surface area contributed by atoms with E-state index in [0.29, 0.717) is 17.1 Å². The van der Waals surface area contributed by atoms with Crippen molar-refractivity contribution in [3.05, 3.63) is 46.6 Å². The van der Waals surface area contributed by atoms with Gasteiger partial charge in [0.05, 0.1) is 0 Å². The van der Waals surface area contributed by atoms with Crippen molar-refractivity contribution >= 4 is 23.7 Å². The highest BCUT2D eigenvalue weighted by Crippen LogP contribution is 2.27. The van der Waals surface area contributed by atoms with Gasteiger partial charge in [-0.1, -0.05) is 19.6 Å². The first-order valence-corrected chi connectivity index (χ1v) is 10.9. The molecule has 0 spiro atoms. The molecule has 0 bridgehead atoms. The summed E-state index contributed by atoms with van der Waals surface area (Å²) in [5, 5.41) is 2.50. The van der Waals surface area contributed by atoms with E-state index in [-0.39, 0.29) is 5.83 Å². The van der Waals surface area contributed by atoms with Crippen LogP contribution in [0.25, 0.3) is 35.1 Å². The van der Waals surface area contributed by atoms with E-state index >= 15 is 0 Å². The van der Waals surface area contributed by atoms with Gasteiger partial charge in [-0.05, 0) is 51.2 Å². The molecule has 3 heterocycles. The number of terminal acetylenes is 1. The van der Waals surface area contributed by atoms with Gasteiger partial charge >= 0.3 is 0 Å². The van der Waals surface area contributed by atoms with Crippen molar-refractivity contribution in [1.29, 1.82) is 0 Å². The SMILES string of the molecule is C#CCCCCc1cn(C(C)CC)c2nc(-c3cn(C)c(=C)/c3=C\C(F)=C/C)ncc12. The summed E-state index contributed by atoms with van der Waals surface area (Å²) >= 11 is 0. The van der Waals surface area contributed by atoms with Crippen LogP contribution in [0.3, 0.4) is 0 Å². The van der Waals surface area contributed by atoms with E-state index in [9.17, 15) is 4.39 Å². The summed E-state index contributed by atoms with van der Waals surface area (Å²) in [7, 11) is 1.89. The number of aromatic nitrogens is 4. The van der Waals surface area contributed by atoms with Crippen molar-refractivity contribution in [2.75, 3.05) is 0 Å². The number of hydrogen-bond acceptors (Lipinski definition) is 2. The van der Waals surface area contributed by atoms with Gasteiger partial charge in [-0.25, -0.2) is 14.4 Å². The third-order valence-corrected chi connectivity index (χ3v) is 5.89. The normalized spacial score (nSPS) is 13.7. The van der Waals surface area contributed by atoms with Crippen LogP contribution in [0.15, 0.2) is 30.5 Å². The van der Waals surface area contributed by atoms with Crippen molar-refractivity contribution in [2.45, 2.75) is 58.9 Å². The fourth-order valence-electron chi connectivity index (χ4n) is 3.75. The van der Waals surface area contributed by atoms with E-state index in [2.05, 4.69) is 42.1 Å². The van der Waals surface area contributed by atoms with Gasteiger partial charge in [-0.3, -0.25) is 0 Å². The Morgan fingerprint density at radius 1 is 1.35 bits per heavy atom. The van der Waals surface area contributed by atoms with Gasteiger partial charge in [0.25, 0.3) is 0 Å². The fourth-order valence-corrected chi connectivity index (χ4v) is 3.75. The van der Waals surface area contributed by atoms with Gasteiger partial charge in [0, 0.05) is 59.6 Å². The Bertz CT molecular complexity index is 1250. The van der Waals surface area contributed by atoms with E-state index in [4.69, 9.17) is 11.4 Å². The number of aryl methyl sites for hydroxylation is 2. The summed E-state index contributed by atoms with van der Waals surface area (Å²) in [6, 6.07) is 0.315. The molecule has 0 amide bonds. The van der Waals surface area contributed by atoms with Crippen LogP contribution in [0.1, 0.15) is 58.1 Å². The highest BCUT2D eigenvalue weighted by atomic mass is 19.1. The van der Waals surface area contributed by atoms with Gasteiger partial charge < -0.3 is 9.13 Å². The maximum atomic E-state index is 14.1. The average molecular weight is 419 g/mol. The minimum absolute atomic E-state index is 0.310. The Hall–Kier alpha value is -3.13. The second-order valence-corrected chi connectivity index (χ2v) is 7.99. The number of fused-ring (bicyclic) bond motifs is 1. The summed E-state index contributed by atoms with van der Waals surface area (Å²) in [5.41, 5.74) is 2.94. The van der Waals surface area contributed by atoms with Crippen molar-refractivity contribution in [3.63, 3.8) is 0 Å². The molecule has 3 aromatic heterocycles. The number of rotatable bonds is 8. The molecule has 0 aliphatic heterocycles. The summed E-state index contributed by atoms with van der Waals surface area (Å²) in [6.45, 7) is 10.1. The van der Waals surface area contributed by atoms with Gasteiger partial charge in [-0.2, -0.15) is 0 Å². The Balaban J connectivity index is 2.15. The molecule has 3 aromatic rings. The Labute approximate surface area is 183 Å². The predicted molar refractivity (Wildman–Crippen MR) is 127 cm³/mol. The first-order valence-electron chi connectivity index (χ1n) is 10.9. The highest BCUT2D eigenvalue weighted by molar-refractivity contribution is 5.81. The lowest BCUT2D eigenvalue weighted by Crippen LogP contribution is -2.26. The molecule has 1 atom stereocenters. The van der Waals surface area contributed by atoms with Crippen molar-refractivity contribution in [2.24, 2.45) is 7.05 Å². The van der Waals surface area contributed by atoms with E-state index in [1.807, 2.05) is 24.0 Å². The molecule has 0 aliphatic rings. The van der Waals surface area contributed by atoms with Gasteiger partial charge in [-0.15, -0.1) is 12.3 Å². The lowest BCUT2D eigenvalue weighted by molar-refractivity contribution is 0.543. The van der Waals surface area contributed by atoms with Crippen LogP contribution in [0, 0.1) is 12.3 Å². The summed E-state index contributed by atoms with van der Waals surface area (Å²) in [5.74, 6) is 2.98. The minimum atomic E-state index is -0.310. The van der Waals surface area contributed by atoms with Crippen LogP contribution in [-0.4, -0.2) is 19.1 Å². The molecule has 0 fully saturated rings. The van der Waals surface area contributed by atoms with Gasteiger partial charge in [0.15, 0.2) is 5.82 Å².